The van der Waals surface area contributed by atoms with Crippen molar-refractivity contribution in [3.8, 4) is 0 Å². The number of hydrazone groups is 1. The lowest BCUT2D eigenvalue weighted by Gasteiger charge is -2.26. The highest BCUT2D eigenvalue weighted by molar-refractivity contribution is 6.08. The van der Waals surface area contributed by atoms with Crippen LogP contribution in [-0.4, -0.2) is 72.1 Å². The molecule has 9 nitrogen and oxygen atoms in total. The van der Waals surface area contributed by atoms with Gasteiger partial charge in [-0.25, -0.2) is 9.97 Å². The molecule has 0 unspecified atom stereocenters. The van der Waals surface area contributed by atoms with E-state index in [2.05, 4.69) is 32.3 Å². The fourth-order valence-electron chi connectivity index (χ4n) is 4.58. The van der Waals surface area contributed by atoms with Crippen molar-refractivity contribution in [2.75, 3.05) is 51.8 Å². The van der Waals surface area contributed by atoms with E-state index in [1.165, 1.54) is 19.3 Å². The SMILES string of the molecule is C=C(/C=N\NC)c1ccc2nc(NCCN3CCOCC3)c(=O)n(CC3CCCCC3)c2n1. The Labute approximate surface area is 194 Å². The van der Waals surface area contributed by atoms with E-state index < -0.39 is 0 Å². The fourth-order valence-corrected chi connectivity index (χ4v) is 4.58. The Hall–Kier alpha value is -2.78. The Morgan fingerprint density at radius 2 is 2.03 bits per heavy atom. The van der Waals surface area contributed by atoms with Crippen LogP contribution in [0.5, 0.6) is 0 Å². The first-order valence-electron chi connectivity index (χ1n) is 12.0. The van der Waals surface area contributed by atoms with Crippen LogP contribution < -0.4 is 16.3 Å². The molecule has 4 rings (SSSR count). The molecular formula is C24H35N7O2. The van der Waals surface area contributed by atoms with Crippen LogP contribution in [0.15, 0.2) is 28.6 Å². The Morgan fingerprint density at radius 1 is 1.24 bits per heavy atom. The van der Waals surface area contributed by atoms with Gasteiger partial charge >= 0.3 is 0 Å². The van der Waals surface area contributed by atoms with E-state index in [0.717, 1.165) is 45.7 Å². The summed E-state index contributed by atoms with van der Waals surface area (Å²) >= 11 is 0. The fraction of sp³-hybridized carbons (Fsp3) is 0.583. The number of fused-ring (bicyclic) bond motifs is 1. The van der Waals surface area contributed by atoms with Gasteiger partial charge in [0.05, 0.1) is 25.1 Å². The highest BCUT2D eigenvalue weighted by atomic mass is 16.5. The van der Waals surface area contributed by atoms with Crippen LogP contribution in [0.4, 0.5) is 5.82 Å². The maximum absolute atomic E-state index is 13.5. The highest BCUT2D eigenvalue weighted by Gasteiger charge is 2.19. The smallest absolute Gasteiger partial charge is 0.294 e. The van der Waals surface area contributed by atoms with Gasteiger partial charge in [0.25, 0.3) is 5.56 Å². The largest absolute Gasteiger partial charge is 0.379 e. The van der Waals surface area contributed by atoms with Gasteiger partial charge in [0, 0.05) is 45.3 Å². The summed E-state index contributed by atoms with van der Waals surface area (Å²) in [6, 6.07) is 3.80. The molecule has 0 radical (unpaired) electrons. The number of nitrogens with one attached hydrogen (secondary N) is 2. The number of aromatic nitrogens is 3. The molecule has 2 aliphatic rings. The van der Waals surface area contributed by atoms with Gasteiger partial charge in [-0.15, -0.1) is 0 Å². The van der Waals surface area contributed by atoms with E-state index in [4.69, 9.17) is 9.72 Å². The monoisotopic (exact) mass is 453 g/mol. The van der Waals surface area contributed by atoms with Gasteiger partial charge in [0.2, 0.25) is 0 Å². The molecule has 1 saturated carbocycles. The number of allylic oxidation sites excluding steroid dienone is 1. The van der Waals surface area contributed by atoms with Crippen LogP contribution in [0.1, 0.15) is 37.8 Å². The molecule has 178 valence electrons. The van der Waals surface area contributed by atoms with Crippen LogP contribution in [0.3, 0.4) is 0 Å². The van der Waals surface area contributed by atoms with Gasteiger partial charge < -0.3 is 15.5 Å². The first-order valence-corrected chi connectivity index (χ1v) is 12.0. The number of nitrogens with zero attached hydrogens (tertiary/aromatic N) is 5. The van der Waals surface area contributed by atoms with Crippen LogP contribution in [0.2, 0.25) is 0 Å². The Kier molecular flexibility index (Phi) is 8.06. The summed E-state index contributed by atoms with van der Waals surface area (Å²) in [6.45, 7) is 9.62. The highest BCUT2D eigenvalue weighted by Crippen LogP contribution is 2.26. The second-order valence-electron chi connectivity index (χ2n) is 8.81. The van der Waals surface area contributed by atoms with E-state index in [1.807, 2.05) is 16.7 Å². The molecule has 9 heteroatoms. The molecule has 0 bridgehead atoms. The normalized spacial score (nSPS) is 18.1. The van der Waals surface area contributed by atoms with Crippen LogP contribution in [-0.2, 0) is 11.3 Å². The predicted octanol–water partition coefficient (Wildman–Crippen LogP) is 2.33. The zero-order valence-corrected chi connectivity index (χ0v) is 19.6. The predicted molar refractivity (Wildman–Crippen MR) is 133 cm³/mol. The van der Waals surface area contributed by atoms with E-state index >= 15 is 0 Å². The Balaban J connectivity index is 1.62. The summed E-state index contributed by atoms with van der Waals surface area (Å²) in [4.78, 5) is 25.3. The number of pyridine rings is 1. The quantitative estimate of drug-likeness (QED) is 0.444. The Bertz CT molecular complexity index is 1040. The number of rotatable bonds is 9. The number of morpholine rings is 1. The number of anilines is 1. The zero-order chi connectivity index (χ0) is 23.0. The molecule has 2 fully saturated rings. The molecule has 1 saturated heterocycles. The van der Waals surface area contributed by atoms with Crippen molar-refractivity contribution in [1.82, 2.24) is 24.9 Å². The summed E-state index contributed by atoms with van der Waals surface area (Å²) in [5.41, 5.74) is 5.31. The van der Waals surface area contributed by atoms with Gasteiger partial charge in [-0.05, 0) is 30.9 Å². The first-order chi connectivity index (χ1) is 16.2. The summed E-state index contributed by atoms with van der Waals surface area (Å²) in [5, 5.41) is 7.32. The average Bonchev–Trinajstić information content (AvgIpc) is 2.86. The van der Waals surface area contributed by atoms with E-state index in [-0.39, 0.29) is 5.56 Å². The lowest BCUT2D eigenvalue weighted by Crippen LogP contribution is -2.39. The third-order valence-electron chi connectivity index (χ3n) is 6.46. The van der Waals surface area contributed by atoms with Crippen molar-refractivity contribution in [3.05, 3.63) is 34.8 Å². The molecule has 2 aromatic heterocycles. The van der Waals surface area contributed by atoms with Crippen LogP contribution >= 0.6 is 0 Å². The van der Waals surface area contributed by atoms with E-state index in [0.29, 0.717) is 47.3 Å². The van der Waals surface area contributed by atoms with E-state index in [9.17, 15) is 4.79 Å². The molecule has 0 atom stereocenters. The zero-order valence-electron chi connectivity index (χ0n) is 19.6. The number of hydrogen-bond acceptors (Lipinski definition) is 8. The summed E-state index contributed by atoms with van der Waals surface area (Å²) in [5.74, 6) is 0.888. The minimum atomic E-state index is -0.103. The summed E-state index contributed by atoms with van der Waals surface area (Å²) < 4.78 is 7.24. The molecular weight excluding hydrogens is 418 g/mol. The molecule has 0 amide bonds. The third kappa shape index (κ3) is 5.97. The maximum atomic E-state index is 13.5. The van der Waals surface area contributed by atoms with Crippen LogP contribution in [0, 0.1) is 5.92 Å². The molecule has 0 aromatic carbocycles. The topological polar surface area (TPSA) is 96.7 Å². The first kappa shape index (κ1) is 23.4. The van der Waals surface area contributed by atoms with Gasteiger partial charge in [-0.3, -0.25) is 14.3 Å². The van der Waals surface area contributed by atoms with Crippen molar-refractivity contribution in [2.24, 2.45) is 11.0 Å². The number of ether oxygens (including phenoxy) is 1. The standard InChI is InChI=1S/C24H35N7O2/c1-18(16-27-25-2)20-8-9-21-23(29-20)31(17-19-6-4-3-5-7-19)24(32)22(28-21)26-10-11-30-12-14-33-15-13-30/h8-9,16,19,25H,1,3-7,10-15,17H2,2H3,(H,26,28)/b27-16-. The lowest BCUT2D eigenvalue weighted by atomic mass is 9.89. The van der Waals surface area contributed by atoms with Crippen molar-refractivity contribution in [3.63, 3.8) is 0 Å². The molecule has 0 spiro atoms. The summed E-state index contributed by atoms with van der Waals surface area (Å²) in [7, 11) is 1.73. The lowest BCUT2D eigenvalue weighted by molar-refractivity contribution is 0.0398. The summed E-state index contributed by atoms with van der Waals surface area (Å²) in [6.07, 6.45) is 7.66. The van der Waals surface area contributed by atoms with Crippen molar-refractivity contribution in [2.45, 2.75) is 38.6 Å². The molecule has 2 N–H and O–H groups in total. The van der Waals surface area contributed by atoms with Gasteiger partial charge in [0.1, 0.15) is 5.52 Å². The second kappa shape index (κ2) is 11.4. The molecule has 3 heterocycles. The second-order valence-corrected chi connectivity index (χ2v) is 8.81. The average molecular weight is 454 g/mol. The van der Waals surface area contributed by atoms with Gasteiger partial charge in [-0.1, -0.05) is 25.8 Å². The third-order valence-corrected chi connectivity index (χ3v) is 6.46. The van der Waals surface area contributed by atoms with Crippen LogP contribution in [0.25, 0.3) is 16.7 Å². The maximum Gasteiger partial charge on any atom is 0.294 e. The number of hydrogen-bond donors (Lipinski definition) is 2. The van der Waals surface area contributed by atoms with Crippen molar-refractivity contribution in [1.29, 1.82) is 0 Å². The van der Waals surface area contributed by atoms with E-state index in [1.54, 1.807) is 13.3 Å². The molecule has 2 aromatic rings. The molecule has 1 aliphatic heterocycles. The Morgan fingerprint density at radius 3 is 2.79 bits per heavy atom. The van der Waals surface area contributed by atoms with Gasteiger partial charge in [-0.2, -0.15) is 5.10 Å². The molecule has 1 aliphatic carbocycles. The van der Waals surface area contributed by atoms with Gasteiger partial charge in [0.15, 0.2) is 11.5 Å². The van der Waals surface area contributed by atoms with Crippen molar-refractivity contribution < 1.29 is 4.74 Å². The minimum Gasteiger partial charge on any atom is -0.379 e. The molecule has 33 heavy (non-hydrogen) atoms. The van der Waals surface area contributed by atoms with Crippen molar-refractivity contribution >= 4 is 28.8 Å². The minimum absolute atomic E-state index is 0.103.